The van der Waals surface area contributed by atoms with E-state index in [1.807, 2.05) is 0 Å². The molecule has 0 spiro atoms. The molecule has 0 aliphatic rings. The first-order valence-corrected chi connectivity index (χ1v) is 11.7. The summed E-state index contributed by atoms with van der Waals surface area (Å²) in [7, 11) is 0.0972. The molecule has 4 heteroatoms. The molecule has 3 aromatic rings. The Morgan fingerprint density at radius 3 is 1.72 bits per heavy atom. The van der Waals surface area contributed by atoms with Crippen molar-refractivity contribution in [1.29, 1.82) is 0 Å². The van der Waals surface area contributed by atoms with Gasteiger partial charge in [-0.25, -0.2) is 0 Å². The van der Waals surface area contributed by atoms with Crippen LogP contribution >= 0.6 is 7.92 Å². The van der Waals surface area contributed by atoms with Gasteiger partial charge in [0.1, 0.15) is 0 Å². The third kappa shape index (κ3) is 7.83. The monoisotopic (exact) mass is 484 g/mol. The molecule has 0 aromatic heterocycles. The first kappa shape index (κ1) is 31.1. The molecule has 0 aliphatic heterocycles. The van der Waals surface area contributed by atoms with Crippen molar-refractivity contribution in [3.63, 3.8) is 0 Å². The van der Waals surface area contributed by atoms with Crippen LogP contribution in [0, 0.1) is 34.6 Å². The van der Waals surface area contributed by atoms with Crippen LogP contribution in [0.4, 0.5) is 0 Å². The Kier molecular flexibility index (Phi) is 15.9. The molecule has 0 heterocycles. The maximum absolute atomic E-state index is 2.41. The molecular formula is C25H35Cl2PTi. The van der Waals surface area contributed by atoms with Gasteiger partial charge in [-0.1, -0.05) is 75.3 Å². The summed E-state index contributed by atoms with van der Waals surface area (Å²) in [6.07, 6.45) is 5.40. The maximum atomic E-state index is 2.41. The van der Waals surface area contributed by atoms with Gasteiger partial charge in [-0.2, -0.15) is 33.9 Å². The molecule has 0 fully saturated rings. The zero-order valence-electron chi connectivity index (χ0n) is 19.0. The molecule has 0 bridgehead atoms. The van der Waals surface area contributed by atoms with Crippen LogP contribution < -0.4 is 30.1 Å². The molecule has 158 valence electrons. The molecule has 0 amide bonds. The van der Waals surface area contributed by atoms with E-state index in [2.05, 4.69) is 84.9 Å². The Morgan fingerprint density at radius 1 is 0.862 bits per heavy atom. The van der Waals surface area contributed by atoms with Gasteiger partial charge in [0.05, 0.1) is 0 Å². The van der Waals surface area contributed by atoms with Gasteiger partial charge in [-0.3, -0.25) is 0 Å². The van der Waals surface area contributed by atoms with Crippen LogP contribution in [-0.2, 0) is 21.7 Å². The van der Waals surface area contributed by atoms with Crippen LogP contribution in [0.1, 0.15) is 54.5 Å². The zero-order valence-corrected chi connectivity index (χ0v) is 23.0. The molecule has 0 radical (unpaired) electrons. The average molecular weight is 485 g/mol. The normalized spacial score (nSPS) is 9.93. The van der Waals surface area contributed by atoms with E-state index in [9.17, 15) is 0 Å². The van der Waals surface area contributed by atoms with E-state index in [4.69, 9.17) is 0 Å². The Bertz CT molecular complexity index is 729. The molecule has 29 heavy (non-hydrogen) atoms. The smallest absolute Gasteiger partial charge is 1.00 e. The van der Waals surface area contributed by atoms with Gasteiger partial charge >= 0.3 is 21.7 Å². The van der Waals surface area contributed by atoms with Crippen LogP contribution in [0.15, 0.2) is 36.4 Å². The van der Waals surface area contributed by atoms with Crippen LogP contribution in [0.5, 0.6) is 0 Å². The number of rotatable bonds is 5. The number of halogens is 2. The topological polar surface area (TPSA) is 0 Å². The molecule has 0 saturated carbocycles. The van der Waals surface area contributed by atoms with Crippen molar-refractivity contribution < 1.29 is 46.5 Å². The van der Waals surface area contributed by atoms with Crippen molar-refractivity contribution in [3.8, 4) is 0 Å². The minimum absolute atomic E-state index is 0. The van der Waals surface area contributed by atoms with Gasteiger partial charge in [0.15, 0.2) is 0 Å². The number of benzene rings is 1. The van der Waals surface area contributed by atoms with Crippen LogP contribution in [0.25, 0.3) is 10.8 Å². The summed E-state index contributed by atoms with van der Waals surface area (Å²) in [5.74, 6) is 0. The fraction of sp³-hybridized carbons (Fsp3) is 0.440. The molecule has 0 unspecified atom stereocenters. The molecule has 0 nitrogen and oxygen atoms in total. The predicted molar refractivity (Wildman–Crippen MR) is 122 cm³/mol. The van der Waals surface area contributed by atoms with Gasteiger partial charge in [-0.15, -0.1) is 40.3 Å². The van der Waals surface area contributed by atoms with Crippen molar-refractivity contribution in [1.82, 2.24) is 0 Å². The molecular weight excluding hydrogens is 450 g/mol. The fourth-order valence-corrected chi connectivity index (χ4v) is 6.10. The first-order chi connectivity index (χ1) is 12.4. The van der Waals surface area contributed by atoms with Crippen molar-refractivity contribution >= 4 is 24.0 Å². The zero-order chi connectivity index (χ0) is 19.3. The van der Waals surface area contributed by atoms with Crippen LogP contribution in [0.2, 0.25) is 0 Å². The third-order valence-electron chi connectivity index (χ3n) is 5.77. The Morgan fingerprint density at radius 2 is 1.34 bits per heavy atom. The minimum Gasteiger partial charge on any atom is -1.00 e. The van der Waals surface area contributed by atoms with Crippen LogP contribution in [0.3, 0.4) is 0 Å². The Balaban J connectivity index is 0. The Labute approximate surface area is 207 Å². The molecule has 0 atom stereocenters. The average Bonchev–Trinajstić information content (AvgIpc) is 3.15. The predicted octanol–water partition coefficient (Wildman–Crippen LogP) is 1.44. The van der Waals surface area contributed by atoms with Crippen molar-refractivity contribution in [3.05, 3.63) is 64.2 Å². The fourth-order valence-electron chi connectivity index (χ4n) is 3.63. The molecule has 0 aliphatic carbocycles. The summed E-state index contributed by atoms with van der Waals surface area (Å²) in [6, 6.07) is 13.5. The Hall–Kier alpha value is -0.0957. The first-order valence-electron chi connectivity index (χ1n) is 10.0. The SMILES string of the molecule is CCCP(CCC)c1cc2ccccc2[cH-]1.Cc1c(C)c(C)[c-](C)c1C.[Cl-].[Cl-].[Ti+4]. The second-order valence-electron chi connectivity index (χ2n) is 7.45. The minimum atomic E-state index is 0. The largest absolute Gasteiger partial charge is 4.00 e. The van der Waals surface area contributed by atoms with E-state index in [0.29, 0.717) is 0 Å². The summed E-state index contributed by atoms with van der Waals surface area (Å²) in [6.45, 7) is 15.6. The molecule has 3 aromatic carbocycles. The summed E-state index contributed by atoms with van der Waals surface area (Å²) in [4.78, 5) is 0. The standard InChI is InChI=1S/C15H20P.C10H15.2ClH.Ti/c1-3-9-16(10-4-2)15-11-13-7-5-6-8-14(13)12-15;1-6-7(2)9(4)10(5)8(6)3;;;/h5-8,11-12H,3-4,9-10H2,1-2H3;1-5H3;2*1H;/q2*-1;;;+4/p-2. The summed E-state index contributed by atoms with van der Waals surface area (Å²) in [5, 5.41) is 4.44. The summed E-state index contributed by atoms with van der Waals surface area (Å²) < 4.78 is 0. The van der Waals surface area contributed by atoms with Crippen LogP contribution in [-0.4, -0.2) is 12.3 Å². The van der Waals surface area contributed by atoms with Crippen molar-refractivity contribution in [2.24, 2.45) is 0 Å². The van der Waals surface area contributed by atoms with E-state index in [0.717, 1.165) is 0 Å². The van der Waals surface area contributed by atoms with Gasteiger partial charge in [-0.05, 0) is 12.3 Å². The van der Waals surface area contributed by atoms with E-state index in [1.54, 1.807) is 5.30 Å². The second-order valence-corrected chi connectivity index (χ2v) is 9.95. The van der Waals surface area contributed by atoms with Gasteiger partial charge < -0.3 is 24.8 Å². The number of fused-ring (bicyclic) bond motifs is 1. The second kappa shape index (κ2) is 14.8. The van der Waals surface area contributed by atoms with E-state index in [-0.39, 0.29) is 54.5 Å². The van der Waals surface area contributed by atoms with Gasteiger partial charge in [0.25, 0.3) is 0 Å². The summed E-state index contributed by atoms with van der Waals surface area (Å²) >= 11 is 0. The number of hydrogen-bond donors (Lipinski definition) is 0. The number of hydrogen-bond acceptors (Lipinski definition) is 0. The third-order valence-corrected chi connectivity index (χ3v) is 8.73. The summed E-state index contributed by atoms with van der Waals surface area (Å²) in [5.41, 5.74) is 7.34. The van der Waals surface area contributed by atoms with Crippen molar-refractivity contribution in [2.45, 2.75) is 61.3 Å². The molecule has 0 N–H and O–H groups in total. The van der Waals surface area contributed by atoms with Gasteiger partial charge in [0.2, 0.25) is 0 Å². The van der Waals surface area contributed by atoms with E-state index in [1.165, 1.54) is 63.8 Å². The van der Waals surface area contributed by atoms with E-state index >= 15 is 0 Å². The quantitative estimate of drug-likeness (QED) is 0.292. The molecule has 3 rings (SSSR count). The van der Waals surface area contributed by atoms with Crippen molar-refractivity contribution in [2.75, 3.05) is 12.3 Å². The van der Waals surface area contributed by atoms with E-state index < -0.39 is 0 Å². The van der Waals surface area contributed by atoms with Gasteiger partial charge in [0, 0.05) is 0 Å². The maximum Gasteiger partial charge on any atom is 4.00 e. The molecule has 0 saturated heterocycles.